The maximum atomic E-state index is 12.4. The fraction of sp³-hybridized carbons (Fsp3) is 0.529. The third kappa shape index (κ3) is 6.53. The first-order chi connectivity index (χ1) is 15.4. The van der Waals surface area contributed by atoms with E-state index >= 15 is 0 Å². The number of hydrogen-bond acceptors (Lipinski definition) is 12. The van der Waals surface area contributed by atoms with Crippen LogP contribution in [0.2, 0.25) is 0 Å². The number of hydrogen-bond donors (Lipinski definition) is 7. The van der Waals surface area contributed by atoms with Crippen LogP contribution in [0.25, 0.3) is 0 Å². The average Bonchev–Trinajstić information content (AvgIpc) is 3.02. The average molecular weight is 473 g/mol. The SMILES string of the molecule is N[C@@H](CC(=O)Nc1ccn([C@@H]2O[C@H](CO)C(OC(=O)[C@@H](N)CC(=O)O)C2O)c(=O)n1)C(=O)O. The van der Waals surface area contributed by atoms with Gasteiger partial charge < -0.3 is 46.7 Å². The molecule has 2 rings (SSSR count). The maximum Gasteiger partial charge on any atom is 0.351 e. The zero-order valence-corrected chi connectivity index (χ0v) is 16.9. The lowest BCUT2D eigenvalue weighted by atomic mass is 10.1. The number of rotatable bonds is 10. The van der Waals surface area contributed by atoms with E-state index < -0.39 is 85.6 Å². The molecule has 1 aromatic heterocycles. The molecule has 0 bridgehead atoms. The van der Waals surface area contributed by atoms with Crippen molar-refractivity contribution < 1.29 is 49.1 Å². The highest BCUT2D eigenvalue weighted by Crippen LogP contribution is 2.30. The quantitative estimate of drug-likeness (QED) is 0.159. The molecule has 16 nitrogen and oxygen atoms in total. The van der Waals surface area contributed by atoms with Gasteiger partial charge in [0, 0.05) is 6.20 Å². The number of carbonyl (C=O) groups is 4. The lowest BCUT2D eigenvalue weighted by Crippen LogP contribution is -2.44. The van der Waals surface area contributed by atoms with E-state index in [1.807, 2.05) is 0 Å². The number of aliphatic hydroxyl groups is 2. The number of carboxylic acid groups (broad SMARTS) is 2. The lowest BCUT2D eigenvalue weighted by molar-refractivity contribution is -0.160. The summed E-state index contributed by atoms with van der Waals surface area (Å²) in [6, 6.07) is -1.83. The Labute approximate surface area is 184 Å². The number of esters is 1. The Bertz CT molecular complexity index is 967. The van der Waals surface area contributed by atoms with Gasteiger partial charge in [-0.2, -0.15) is 4.98 Å². The minimum Gasteiger partial charge on any atom is -0.481 e. The monoisotopic (exact) mass is 473 g/mol. The van der Waals surface area contributed by atoms with E-state index in [1.165, 1.54) is 0 Å². The first-order valence-corrected chi connectivity index (χ1v) is 9.44. The van der Waals surface area contributed by atoms with Gasteiger partial charge in [0.15, 0.2) is 12.3 Å². The van der Waals surface area contributed by atoms with Crippen LogP contribution in [0.15, 0.2) is 17.1 Å². The van der Waals surface area contributed by atoms with E-state index in [1.54, 1.807) is 0 Å². The Morgan fingerprint density at radius 2 is 1.88 bits per heavy atom. The number of ether oxygens (including phenoxy) is 2. The van der Waals surface area contributed by atoms with E-state index in [4.69, 9.17) is 31.2 Å². The summed E-state index contributed by atoms with van der Waals surface area (Å²) >= 11 is 0. The number of carboxylic acids is 2. The molecule has 0 saturated carbocycles. The van der Waals surface area contributed by atoms with Crippen molar-refractivity contribution in [2.45, 2.75) is 49.5 Å². The maximum absolute atomic E-state index is 12.4. The topological polar surface area (TPSA) is 267 Å². The molecule has 182 valence electrons. The number of aromatic nitrogens is 2. The summed E-state index contributed by atoms with van der Waals surface area (Å²) in [6.07, 6.45) is -6.09. The highest BCUT2D eigenvalue weighted by atomic mass is 16.6. The number of nitrogens with one attached hydrogen (secondary N) is 1. The van der Waals surface area contributed by atoms with Crippen molar-refractivity contribution in [1.29, 1.82) is 0 Å². The predicted octanol–water partition coefficient (Wildman–Crippen LogP) is -4.05. The molecule has 1 saturated heterocycles. The van der Waals surface area contributed by atoms with E-state index in [0.29, 0.717) is 0 Å². The van der Waals surface area contributed by atoms with Crippen molar-refractivity contribution in [3.05, 3.63) is 22.7 Å². The molecule has 6 atom stereocenters. The van der Waals surface area contributed by atoms with Gasteiger partial charge >= 0.3 is 23.6 Å². The molecule has 16 heteroatoms. The second-order valence-electron chi connectivity index (χ2n) is 7.04. The van der Waals surface area contributed by atoms with Crippen molar-refractivity contribution >= 4 is 29.6 Å². The van der Waals surface area contributed by atoms with Gasteiger partial charge in [0.25, 0.3) is 0 Å². The Morgan fingerprint density at radius 1 is 1.21 bits per heavy atom. The normalized spacial score (nSPS) is 24.0. The Morgan fingerprint density at radius 3 is 2.42 bits per heavy atom. The summed E-state index contributed by atoms with van der Waals surface area (Å²) in [7, 11) is 0. The molecule has 9 N–H and O–H groups in total. The second kappa shape index (κ2) is 10.9. The smallest absolute Gasteiger partial charge is 0.351 e. The van der Waals surface area contributed by atoms with E-state index in [9.17, 15) is 34.2 Å². The van der Waals surface area contributed by atoms with Crippen LogP contribution in [0, 0.1) is 0 Å². The van der Waals surface area contributed by atoms with E-state index in [-0.39, 0.29) is 5.82 Å². The molecule has 1 aromatic rings. The number of amides is 1. The van der Waals surface area contributed by atoms with E-state index in [0.717, 1.165) is 16.8 Å². The summed E-state index contributed by atoms with van der Waals surface area (Å²) in [6.45, 7) is -0.722. The molecule has 2 unspecified atom stereocenters. The zero-order valence-electron chi connectivity index (χ0n) is 16.9. The summed E-state index contributed by atoms with van der Waals surface area (Å²) in [4.78, 5) is 61.1. The minimum atomic E-state index is -1.67. The van der Waals surface area contributed by atoms with Crippen molar-refractivity contribution in [1.82, 2.24) is 9.55 Å². The Balaban J connectivity index is 2.12. The fourth-order valence-corrected chi connectivity index (χ4v) is 2.89. The largest absolute Gasteiger partial charge is 0.481 e. The minimum absolute atomic E-state index is 0.229. The van der Waals surface area contributed by atoms with Crippen molar-refractivity contribution in [2.24, 2.45) is 11.5 Å². The molecule has 1 fully saturated rings. The molecule has 33 heavy (non-hydrogen) atoms. The van der Waals surface area contributed by atoms with E-state index in [2.05, 4.69) is 10.3 Å². The molecule has 1 aliphatic rings. The molecule has 2 heterocycles. The van der Waals surface area contributed by atoms with Crippen LogP contribution in [0.4, 0.5) is 5.82 Å². The van der Waals surface area contributed by atoms with Crippen LogP contribution in [0.5, 0.6) is 0 Å². The van der Waals surface area contributed by atoms with Gasteiger partial charge in [-0.25, -0.2) is 4.79 Å². The number of carbonyl (C=O) groups excluding carboxylic acids is 2. The van der Waals surface area contributed by atoms with Crippen molar-refractivity contribution in [3.8, 4) is 0 Å². The van der Waals surface area contributed by atoms with Crippen LogP contribution in [-0.4, -0.2) is 90.8 Å². The highest BCUT2D eigenvalue weighted by Gasteiger charge is 2.47. The van der Waals surface area contributed by atoms with Crippen LogP contribution in [-0.2, 0) is 28.7 Å². The first kappa shape index (κ1) is 25.8. The van der Waals surface area contributed by atoms with Gasteiger partial charge in [-0.05, 0) is 6.07 Å². The standard InChI is InChI=1S/C17H23N5O11/c18-6(15(28)29)3-10(24)20-9-1-2-22(17(31)21-9)14-12(27)13(8(5-23)32-14)33-16(30)7(19)4-11(25)26/h1-2,6-8,12-14,23,27H,3-5,18-19H2,(H,25,26)(H,28,29)(H,20,21,24,31)/t6-,7-,8+,12?,13?,14+/m0/s1. The van der Waals surface area contributed by atoms with Crippen molar-refractivity contribution in [3.63, 3.8) is 0 Å². The van der Waals surface area contributed by atoms with Crippen LogP contribution >= 0.6 is 0 Å². The first-order valence-electron chi connectivity index (χ1n) is 9.44. The molecule has 0 spiro atoms. The van der Waals surface area contributed by atoms with Gasteiger partial charge in [-0.1, -0.05) is 0 Å². The molecule has 0 aliphatic carbocycles. The van der Waals surface area contributed by atoms with Gasteiger partial charge in [-0.15, -0.1) is 0 Å². The van der Waals surface area contributed by atoms with Crippen LogP contribution < -0.4 is 22.5 Å². The Hall–Kier alpha value is -3.44. The van der Waals surface area contributed by atoms with Crippen LogP contribution in [0.1, 0.15) is 19.1 Å². The summed E-state index contributed by atoms with van der Waals surface area (Å²) in [5.41, 5.74) is 9.67. The number of nitrogens with zero attached hydrogens (tertiary/aromatic N) is 2. The predicted molar refractivity (Wildman–Crippen MR) is 104 cm³/mol. The molecule has 1 aliphatic heterocycles. The summed E-state index contributed by atoms with van der Waals surface area (Å²) < 4.78 is 11.2. The fourth-order valence-electron chi connectivity index (χ4n) is 2.89. The third-order valence-corrected chi connectivity index (χ3v) is 4.53. The van der Waals surface area contributed by atoms with Gasteiger partial charge in [0.05, 0.1) is 19.4 Å². The second-order valence-corrected chi connectivity index (χ2v) is 7.04. The summed E-state index contributed by atoms with van der Waals surface area (Å²) in [5, 5.41) is 39.6. The van der Waals surface area contributed by atoms with Crippen molar-refractivity contribution in [2.75, 3.05) is 11.9 Å². The highest BCUT2D eigenvalue weighted by molar-refractivity contribution is 5.93. The zero-order chi connectivity index (χ0) is 24.9. The lowest BCUT2D eigenvalue weighted by Gasteiger charge is -2.21. The summed E-state index contributed by atoms with van der Waals surface area (Å²) in [5.74, 6) is -4.94. The Kier molecular flexibility index (Phi) is 8.55. The molecular weight excluding hydrogens is 450 g/mol. The number of aliphatic carboxylic acids is 2. The van der Waals surface area contributed by atoms with Gasteiger partial charge in [-0.3, -0.25) is 23.7 Å². The van der Waals surface area contributed by atoms with Gasteiger partial charge in [0.2, 0.25) is 5.91 Å². The molecular formula is C17H23N5O11. The molecule has 0 radical (unpaired) electrons. The number of aliphatic hydroxyl groups excluding tert-OH is 2. The van der Waals surface area contributed by atoms with Gasteiger partial charge in [0.1, 0.15) is 30.1 Å². The molecule has 1 amide bonds. The third-order valence-electron chi connectivity index (χ3n) is 4.53. The number of anilines is 1. The van der Waals surface area contributed by atoms with Crippen LogP contribution in [0.3, 0.4) is 0 Å². The number of nitrogens with two attached hydrogens (primary N) is 2. The molecule has 0 aromatic carbocycles.